The van der Waals surface area contributed by atoms with Crippen molar-refractivity contribution in [3.8, 4) is 12.3 Å². The molecule has 0 radical (unpaired) electrons. The molecule has 0 aliphatic carbocycles. The molecule has 2 heteroatoms. The van der Waals surface area contributed by atoms with E-state index in [-0.39, 0.29) is 0 Å². The quantitative estimate of drug-likeness (QED) is 0.575. The third kappa shape index (κ3) is 1.03. The number of rotatable bonds is 1. The summed E-state index contributed by atoms with van der Waals surface area (Å²) in [7, 11) is 0. The van der Waals surface area contributed by atoms with Crippen molar-refractivity contribution < 1.29 is 0 Å². The molecule has 0 aliphatic rings. The summed E-state index contributed by atoms with van der Waals surface area (Å²) < 4.78 is 0. The summed E-state index contributed by atoms with van der Waals surface area (Å²) in [6, 6.07) is 0. The van der Waals surface area contributed by atoms with Crippen LogP contribution in [0.15, 0.2) is 0 Å². The first-order valence-corrected chi connectivity index (χ1v) is 3.30. The van der Waals surface area contributed by atoms with Crippen molar-refractivity contribution >= 4 is 0 Å². The van der Waals surface area contributed by atoms with Crippen LogP contribution in [0, 0.1) is 19.3 Å². The van der Waals surface area contributed by atoms with E-state index < -0.39 is 0 Å². The first-order chi connectivity index (χ1) is 4.77. The minimum Gasteiger partial charge on any atom is -0.345 e. The van der Waals surface area contributed by atoms with E-state index in [0.29, 0.717) is 0 Å². The Bertz CT molecular complexity index is 265. The number of aromatic nitrogens is 2. The van der Waals surface area contributed by atoms with Crippen LogP contribution < -0.4 is 0 Å². The number of nitrogens with zero attached hydrogens (tertiary/aromatic N) is 1. The highest BCUT2D eigenvalue weighted by molar-refractivity contribution is 5.29. The fraction of sp³-hybridized carbons (Fsp3) is 0.375. The van der Waals surface area contributed by atoms with Crippen LogP contribution in [0.25, 0.3) is 0 Å². The highest BCUT2D eigenvalue weighted by Crippen LogP contribution is 2.02. The Morgan fingerprint density at radius 3 is 2.70 bits per heavy atom. The van der Waals surface area contributed by atoms with Gasteiger partial charge in [-0.2, -0.15) is 0 Å². The highest BCUT2D eigenvalue weighted by Gasteiger charge is 2.00. The van der Waals surface area contributed by atoms with Gasteiger partial charge in [0.25, 0.3) is 0 Å². The van der Waals surface area contributed by atoms with Gasteiger partial charge in [0.1, 0.15) is 11.5 Å². The molecule has 1 rings (SSSR count). The van der Waals surface area contributed by atoms with E-state index in [4.69, 9.17) is 6.42 Å². The normalized spacial score (nSPS) is 9.30. The van der Waals surface area contributed by atoms with Gasteiger partial charge in [0, 0.05) is 12.1 Å². The Morgan fingerprint density at radius 1 is 1.70 bits per heavy atom. The van der Waals surface area contributed by atoms with Crippen LogP contribution >= 0.6 is 0 Å². The number of H-pyrrole nitrogens is 1. The molecule has 1 aromatic heterocycles. The maximum atomic E-state index is 5.19. The van der Waals surface area contributed by atoms with Crippen molar-refractivity contribution in [1.29, 1.82) is 0 Å². The monoisotopic (exact) mass is 134 g/mol. The Kier molecular flexibility index (Phi) is 1.77. The number of hydrogen-bond acceptors (Lipinski definition) is 1. The lowest BCUT2D eigenvalue weighted by Crippen LogP contribution is -1.80. The second kappa shape index (κ2) is 2.57. The van der Waals surface area contributed by atoms with Crippen molar-refractivity contribution in [2.75, 3.05) is 0 Å². The van der Waals surface area contributed by atoms with Gasteiger partial charge in [0.15, 0.2) is 0 Å². The van der Waals surface area contributed by atoms with Gasteiger partial charge in [-0.3, -0.25) is 0 Å². The van der Waals surface area contributed by atoms with Crippen LogP contribution in [0.5, 0.6) is 0 Å². The Balaban J connectivity index is 3.07. The van der Waals surface area contributed by atoms with E-state index in [0.717, 1.165) is 23.6 Å². The average molecular weight is 134 g/mol. The van der Waals surface area contributed by atoms with Crippen LogP contribution in [0.2, 0.25) is 0 Å². The number of nitrogens with one attached hydrogen (secondary N) is 1. The lowest BCUT2D eigenvalue weighted by atomic mass is 10.4. The lowest BCUT2D eigenvalue weighted by molar-refractivity contribution is 0.981. The Labute approximate surface area is 60.7 Å². The van der Waals surface area contributed by atoms with Crippen LogP contribution in [0.3, 0.4) is 0 Å². The van der Waals surface area contributed by atoms with Crippen LogP contribution in [-0.2, 0) is 6.42 Å². The number of aryl methyl sites for hydroxylation is 2. The molecular formula is C8H10N2. The first-order valence-electron chi connectivity index (χ1n) is 3.30. The molecule has 0 spiro atoms. The molecular weight excluding hydrogens is 124 g/mol. The van der Waals surface area contributed by atoms with E-state index in [9.17, 15) is 0 Å². The largest absolute Gasteiger partial charge is 0.345 e. The Morgan fingerprint density at radius 2 is 2.40 bits per heavy atom. The van der Waals surface area contributed by atoms with E-state index in [1.807, 2.05) is 13.8 Å². The summed E-state index contributed by atoms with van der Waals surface area (Å²) >= 11 is 0. The zero-order valence-electron chi connectivity index (χ0n) is 6.23. The van der Waals surface area contributed by atoms with Gasteiger partial charge >= 0.3 is 0 Å². The molecule has 0 fully saturated rings. The zero-order chi connectivity index (χ0) is 7.56. The van der Waals surface area contributed by atoms with Gasteiger partial charge in [-0.25, -0.2) is 4.98 Å². The van der Waals surface area contributed by atoms with Gasteiger partial charge in [-0.1, -0.05) is 6.92 Å². The minimum atomic E-state index is 0.733. The average Bonchev–Trinajstić information content (AvgIpc) is 2.30. The molecule has 0 bridgehead atoms. The van der Waals surface area contributed by atoms with Gasteiger partial charge in [0.05, 0.1) is 0 Å². The molecule has 0 saturated heterocycles. The standard InChI is InChI=1S/C8H10N2/c1-4-7-6(3)9-8(5-2)10-7/h1H,5H2,2-3H3,(H,9,10). The van der Waals surface area contributed by atoms with Crippen molar-refractivity contribution in [2.45, 2.75) is 20.3 Å². The summed E-state index contributed by atoms with van der Waals surface area (Å²) in [5, 5.41) is 0. The van der Waals surface area contributed by atoms with E-state index >= 15 is 0 Å². The van der Waals surface area contributed by atoms with Crippen molar-refractivity contribution in [2.24, 2.45) is 0 Å². The van der Waals surface area contributed by atoms with E-state index in [1.54, 1.807) is 0 Å². The minimum absolute atomic E-state index is 0.733. The maximum absolute atomic E-state index is 5.19. The molecule has 0 amide bonds. The number of terminal acetylenes is 1. The van der Waals surface area contributed by atoms with Crippen LogP contribution in [0.4, 0.5) is 0 Å². The summed E-state index contributed by atoms with van der Waals surface area (Å²) in [6.45, 7) is 3.97. The van der Waals surface area contributed by atoms with E-state index in [2.05, 4.69) is 15.9 Å². The predicted molar refractivity (Wildman–Crippen MR) is 40.6 cm³/mol. The molecule has 1 heterocycles. The van der Waals surface area contributed by atoms with E-state index in [1.165, 1.54) is 0 Å². The lowest BCUT2D eigenvalue weighted by Gasteiger charge is -1.81. The highest BCUT2D eigenvalue weighted by atomic mass is 14.9. The molecule has 0 atom stereocenters. The molecule has 10 heavy (non-hydrogen) atoms. The van der Waals surface area contributed by atoms with Gasteiger partial charge in [-0.05, 0) is 12.8 Å². The second-order valence-corrected chi connectivity index (χ2v) is 2.15. The summed E-state index contributed by atoms with van der Waals surface area (Å²) in [5.41, 5.74) is 1.72. The summed E-state index contributed by atoms with van der Waals surface area (Å²) in [5.74, 6) is 3.47. The van der Waals surface area contributed by atoms with Crippen molar-refractivity contribution in [3.63, 3.8) is 0 Å². The molecule has 0 saturated carbocycles. The first kappa shape index (κ1) is 6.88. The molecule has 0 unspecified atom stereocenters. The third-order valence-corrected chi connectivity index (χ3v) is 1.41. The number of hydrogen-bond donors (Lipinski definition) is 1. The molecule has 52 valence electrons. The smallest absolute Gasteiger partial charge is 0.133 e. The van der Waals surface area contributed by atoms with Gasteiger partial charge in [0.2, 0.25) is 0 Å². The summed E-state index contributed by atoms with van der Waals surface area (Å²) in [6.07, 6.45) is 6.09. The van der Waals surface area contributed by atoms with Crippen LogP contribution in [0.1, 0.15) is 24.1 Å². The predicted octanol–water partition coefficient (Wildman–Crippen LogP) is 1.26. The number of aromatic amines is 1. The molecule has 1 N–H and O–H groups in total. The number of imidazole rings is 1. The molecule has 0 aliphatic heterocycles. The topological polar surface area (TPSA) is 28.7 Å². The van der Waals surface area contributed by atoms with Crippen LogP contribution in [-0.4, -0.2) is 9.97 Å². The SMILES string of the molecule is C#Cc1nc(CC)[nH]c1C. The van der Waals surface area contributed by atoms with Gasteiger partial charge < -0.3 is 4.98 Å². The summed E-state index contributed by atoms with van der Waals surface area (Å²) in [4.78, 5) is 7.25. The molecule has 2 nitrogen and oxygen atoms in total. The molecule has 0 aromatic carbocycles. The zero-order valence-corrected chi connectivity index (χ0v) is 6.23. The molecule has 1 aromatic rings. The van der Waals surface area contributed by atoms with Crippen molar-refractivity contribution in [3.05, 3.63) is 17.2 Å². The maximum Gasteiger partial charge on any atom is 0.133 e. The third-order valence-electron chi connectivity index (χ3n) is 1.41. The fourth-order valence-electron chi connectivity index (χ4n) is 0.830. The van der Waals surface area contributed by atoms with Gasteiger partial charge in [-0.15, -0.1) is 6.42 Å². The fourth-order valence-corrected chi connectivity index (χ4v) is 0.830. The second-order valence-electron chi connectivity index (χ2n) is 2.15. The Hall–Kier alpha value is -1.23. The van der Waals surface area contributed by atoms with Crippen molar-refractivity contribution in [1.82, 2.24) is 9.97 Å².